The zero-order valence-electron chi connectivity index (χ0n) is 9.21. The van der Waals surface area contributed by atoms with Crippen molar-refractivity contribution < 1.29 is 8.78 Å². The maximum atomic E-state index is 13.3. The molecule has 0 radical (unpaired) electrons. The molecule has 1 aromatic carbocycles. The van der Waals surface area contributed by atoms with E-state index in [1.807, 2.05) is 18.2 Å². The van der Waals surface area contributed by atoms with Crippen molar-refractivity contribution in [1.29, 1.82) is 0 Å². The third-order valence-electron chi connectivity index (χ3n) is 3.25. The van der Waals surface area contributed by atoms with Crippen LogP contribution in [0.5, 0.6) is 0 Å². The lowest BCUT2D eigenvalue weighted by molar-refractivity contribution is -0.0415. The van der Waals surface area contributed by atoms with Gasteiger partial charge in [-0.1, -0.05) is 6.07 Å². The number of hydrogen-bond acceptors (Lipinski definition) is 2. The molecule has 1 aliphatic heterocycles. The van der Waals surface area contributed by atoms with Crippen molar-refractivity contribution >= 4 is 10.9 Å². The van der Waals surface area contributed by atoms with Crippen LogP contribution >= 0.6 is 0 Å². The van der Waals surface area contributed by atoms with Crippen LogP contribution in [0.15, 0.2) is 24.4 Å². The quantitative estimate of drug-likeness (QED) is 0.800. The number of H-pyrrole nitrogens is 1. The normalized spacial score (nSPS) is 24.0. The Labute approximate surface area is 97.2 Å². The minimum absolute atomic E-state index is 0.0720. The van der Waals surface area contributed by atoms with Gasteiger partial charge in [0, 0.05) is 30.8 Å². The van der Waals surface area contributed by atoms with E-state index >= 15 is 0 Å². The van der Waals surface area contributed by atoms with E-state index in [9.17, 15) is 8.78 Å². The molecule has 2 N–H and O–H groups in total. The van der Waals surface area contributed by atoms with Gasteiger partial charge in [-0.15, -0.1) is 0 Å². The molecule has 90 valence electrons. The first kappa shape index (κ1) is 10.7. The smallest absolute Gasteiger partial charge is 0.251 e. The van der Waals surface area contributed by atoms with Gasteiger partial charge in [0.15, 0.2) is 0 Å². The molecule has 1 saturated heterocycles. The monoisotopic (exact) mass is 237 g/mol. The molecule has 1 fully saturated rings. The first-order valence-corrected chi connectivity index (χ1v) is 5.68. The van der Waals surface area contributed by atoms with Gasteiger partial charge in [-0.2, -0.15) is 5.10 Å². The summed E-state index contributed by atoms with van der Waals surface area (Å²) in [5.74, 6) is -2.55. The summed E-state index contributed by atoms with van der Waals surface area (Å²) in [5, 5.41) is 10.9. The number of nitrogens with one attached hydrogen (secondary N) is 2. The first-order valence-electron chi connectivity index (χ1n) is 5.68. The van der Waals surface area contributed by atoms with Gasteiger partial charge in [0.1, 0.15) is 0 Å². The van der Waals surface area contributed by atoms with E-state index < -0.39 is 5.92 Å². The van der Waals surface area contributed by atoms with Crippen LogP contribution in [0.25, 0.3) is 10.9 Å². The minimum Gasteiger partial charge on any atom is -0.310 e. The number of nitrogens with zero attached hydrogens (tertiary/aromatic N) is 1. The van der Waals surface area contributed by atoms with E-state index in [1.165, 1.54) is 0 Å². The molecule has 0 amide bonds. The molecule has 3 rings (SSSR count). The Hall–Kier alpha value is -1.49. The number of piperidine rings is 1. The zero-order valence-corrected chi connectivity index (χ0v) is 9.21. The maximum Gasteiger partial charge on any atom is 0.251 e. The number of hydrogen-bond donors (Lipinski definition) is 2. The van der Waals surface area contributed by atoms with Crippen molar-refractivity contribution in [2.24, 2.45) is 0 Å². The summed E-state index contributed by atoms with van der Waals surface area (Å²) in [7, 11) is 0. The third kappa shape index (κ3) is 2.02. The lowest BCUT2D eigenvalue weighted by atomic mass is 9.94. The average molecular weight is 237 g/mol. The van der Waals surface area contributed by atoms with Crippen LogP contribution in [0.2, 0.25) is 0 Å². The fraction of sp³-hybridized carbons (Fsp3) is 0.417. The second-order valence-corrected chi connectivity index (χ2v) is 4.53. The Morgan fingerprint density at radius 2 is 2.24 bits per heavy atom. The molecule has 0 aliphatic carbocycles. The Morgan fingerprint density at radius 3 is 3.06 bits per heavy atom. The summed E-state index contributed by atoms with van der Waals surface area (Å²) in [6.07, 6.45) is 1.51. The minimum atomic E-state index is -2.55. The number of aromatic nitrogens is 2. The van der Waals surface area contributed by atoms with Crippen molar-refractivity contribution in [3.05, 3.63) is 30.0 Å². The topological polar surface area (TPSA) is 40.7 Å². The molecule has 0 spiro atoms. The molecule has 1 aliphatic rings. The van der Waals surface area contributed by atoms with Gasteiger partial charge in [-0.25, -0.2) is 8.78 Å². The molecule has 0 bridgehead atoms. The Balaban J connectivity index is 1.92. The second-order valence-electron chi connectivity index (χ2n) is 4.53. The van der Waals surface area contributed by atoms with Crippen LogP contribution in [0.4, 0.5) is 8.78 Å². The Kier molecular flexibility index (Phi) is 2.36. The lowest BCUT2D eigenvalue weighted by Crippen LogP contribution is -2.38. The summed E-state index contributed by atoms with van der Waals surface area (Å²) >= 11 is 0. The van der Waals surface area contributed by atoms with Crippen LogP contribution in [-0.2, 0) is 0 Å². The van der Waals surface area contributed by atoms with E-state index in [2.05, 4.69) is 15.5 Å². The fourth-order valence-corrected chi connectivity index (χ4v) is 2.32. The summed E-state index contributed by atoms with van der Waals surface area (Å²) in [5.41, 5.74) is 1.83. The van der Waals surface area contributed by atoms with E-state index in [-0.39, 0.29) is 18.9 Å². The third-order valence-corrected chi connectivity index (χ3v) is 3.25. The number of aromatic amines is 1. The van der Waals surface area contributed by atoms with Crippen LogP contribution < -0.4 is 5.32 Å². The van der Waals surface area contributed by atoms with Gasteiger partial charge in [0.25, 0.3) is 5.92 Å². The number of fused-ring (bicyclic) bond motifs is 1. The largest absolute Gasteiger partial charge is 0.310 e. The maximum absolute atomic E-state index is 13.3. The van der Waals surface area contributed by atoms with E-state index in [1.54, 1.807) is 6.20 Å². The standard InChI is InChI=1S/C12H13F2N3/c13-12(14)3-4-15-11(6-12)8-1-2-10-9(5-8)7-16-17-10/h1-2,5,7,11,15H,3-4,6H2,(H,16,17)/t11-/m0/s1. The predicted octanol–water partition coefficient (Wildman–Crippen LogP) is 2.62. The number of rotatable bonds is 1. The van der Waals surface area contributed by atoms with E-state index in [0.29, 0.717) is 6.54 Å². The van der Waals surface area contributed by atoms with Gasteiger partial charge < -0.3 is 5.32 Å². The number of alkyl halides is 2. The highest BCUT2D eigenvalue weighted by molar-refractivity contribution is 5.78. The van der Waals surface area contributed by atoms with Gasteiger partial charge >= 0.3 is 0 Å². The van der Waals surface area contributed by atoms with E-state index in [0.717, 1.165) is 16.5 Å². The first-order chi connectivity index (χ1) is 8.14. The van der Waals surface area contributed by atoms with Gasteiger partial charge in [-0.3, -0.25) is 5.10 Å². The molecule has 0 saturated carbocycles. The van der Waals surface area contributed by atoms with Crippen molar-refractivity contribution in [2.75, 3.05) is 6.54 Å². The van der Waals surface area contributed by atoms with E-state index in [4.69, 9.17) is 0 Å². The molecular weight excluding hydrogens is 224 g/mol. The van der Waals surface area contributed by atoms with Crippen molar-refractivity contribution in [1.82, 2.24) is 15.5 Å². The Morgan fingerprint density at radius 1 is 1.35 bits per heavy atom. The summed E-state index contributed by atoms with van der Waals surface area (Å²) in [4.78, 5) is 0. The fourth-order valence-electron chi connectivity index (χ4n) is 2.32. The highest BCUT2D eigenvalue weighted by Crippen LogP contribution is 2.34. The molecule has 5 heteroatoms. The van der Waals surface area contributed by atoms with Crippen molar-refractivity contribution in [3.8, 4) is 0 Å². The number of halogens is 2. The molecule has 2 aromatic rings. The molecule has 17 heavy (non-hydrogen) atoms. The van der Waals surface area contributed by atoms with Gasteiger partial charge in [0.2, 0.25) is 0 Å². The summed E-state index contributed by atoms with van der Waals surface area (Å²) in [6, 6.07) is 5.40. The zero-order chi connectivity index (χ0) is 11.9. The highest BCUT2D eigenvalue weighted by atomic mass is 19.3. The van der Waals surface area contributed by atoms with Crippen LogP contribution in [0.3, 0.4) is 0 Å². The molecule has 3 nitrogen and oxygen atoms in total. The molecule has 2 heterocycles. The predicted molar refractivity (Wildman–Crippen MR) is 61.0 cm³/mol. The van der Waals surface area contributed by atoms with Gasteiger partial charge in [0.05, 0.1) is 11.7 Å². The van der Waals surface area contributed by atoms with Gasteiger partial charge in [-0.05, 0) is 17.7 Å². The summed E-state index contributed by atoms with van der Waals surface area (Å²) < 4.78 is 26.7. The molecule has 1 aromatic heterocycles. The second kappa shape index (κ2) is 3.77. The molecular formula is C12H13F2N3. The van der Waals surface area contributed by atoms with Crippen LogP contribution in [0, 0.1) is 0 Å². The lowest BCUT2D eigenvalue weighted by Gasteiger charge is -2.30. The van der Waals surface area contributed by atoms with Crippen molar-refractivity contribution in [3.63, 3.8) is 0 Å². The van der Waals surface area contributed by atoms with Crippen LogP contribution in [0.1, 0.15) is 24.4 Å². The van der Waals surface area contributed by atoms with Crippen molar-refractivity contribution in [2.45, 2.75) is 24.8 Å². The average Bonchev–Trinajstić information content (AvgIpc) is 2.74. The highest BCUT2D eigenvalue weighted by Gasteiger charge is 2.36. The summed E-state index contributed by atoms with van der Waals surface area (Å²) in [6.45, 7) is 0.362. The molecule has 0 unspecified atom stereocenters. The number of benzene rings is 1. The molecule has 1 atom stereocenters. The SMILES string of the molecule is FC1(F)CCN[C@H](c2ccc3[nH]ncc3c2)C1. The van der Waals surface area contributed by atoms with Crippen LogP contribution in [-0.4, -0.2) is 22.7 Å². The Bertz CT molecular complexity index is 535.